The Bertz CT molecular complexity index is 465. The van der Waals surface area contributed by atoms with Gasteiger partial charge in [0.05, 0.1) is 11.3 Å². The maximum Gasteiger partial charge on any atom is 0.265 e. The molecule has 1 heterocycles. The van der Waals surface area contributed by atoms with Crippen LogP contribution in [0.15, 0.2) is 0 Å². The quantitative estimate of drug-likeness (QED) is 0.876. The summed E-state index contributed by atoms with van der Waals surface area (Å²) < 4.78 is 5.23. The van der Waals surface area contributed by atoms with Crippen molar-refractivity contribution >= 4 is 17.2 Å². The maximum atomic E-state index is 12.5. The topological polar surface area (TPSA) is 62.7 Å². The number of carbonyl (C=O) groups is 1. The number of nitrogens with zero attached hydrogens (tertiary/aromatic N) is 2. The molecule has 0 aliphatic heterocycles. The van der Waals surface area contributed by atoms with E-state index in [0.29, 0.717) is 23.7 Å². The Labute approximate surface area is 124 Å². The van der Waals surface area contributed by atoms with Crippen molar-refractivity contribution in [2.24, 2.45) is 0 Å². The van der Waals surface area contributed by atoms with Crippen LogP contribution in [0.25, 0.3) is 0 Å². The van der Waals surface area contributed by atoms with Crippen LogP contribution in [-0.2, 0) is 4.74 Å². The monoisotopic (exact) mass is 300 g/mol. The van der Waals surface area contributed by atoms with Gasteiger partial charge >= 0.3 is 0 Å². The van der Waals surface area contributed by atoms with Crippen LogP contribution in [0.4, 0.5) is 0 Å². The first-order chi connectivity index (χ1) is 9.19. The molecule has 5 nitrogen and oxygen atoms in total. The Morgan fingerprint density at radius 1 is 1.55 bits per heavy atom. The average Bonchev–Trinajstić information content (AvgIpc) is 2.75. The number of ether oxygens (including phenoxy) is 1. The van der Waals surface area contributed by atoms with Gasteiger partial charge in [0, 0.05) is 20.2 Å². The molecular formula is C14H24N2O3S. The van der Waals surface area contributed by atoms with E-state index in [1.54, 1.807) is 25.9 Å². The van der Waals surface area contributed by atoms with E-state index < -0.39 is 5.60 Å². The zero-order valence-electron chi connectivity index (χ0n) is 13.1. The molecule has 0 radical (unpaired) electrons. The van der Waals surface area contributed by atoms with Crippen molar-refractivity contribution in [3.05, 3.63) is 15.6 Å². The van der Waals surface area contributed by atoms with Crippen molar-refractivity contribution in [3.63, 3.8) is 0 Å². The van der Waals surface area contributed by atoms with E-state index in [1.165, 1.54) is 11.3 Å². The third-order valence-corrected chi connectivity index (χ3v) is 4.26. The lowest BCUT2D eigenvalue weighted by atomic mass is 10.1. The second-order valence-corrected chi connectivity index (χ2v) is 6.51. The number of hydrogen-bond acceptors (Lipinski definition) is 5. The molecule has 0 bridgehead atoms. The normalized spacial score (nSPS) is 13.3. The van der Waals surface area contributed by atoms with Crippen molar-refractivity contribution in [1.82, 2.24) is 9.88 Å². The number of aromatic nitrogens is 1. The van der Waals surface area contributed by atoms with E-state index in [4.69, 9.17) is 4.74 Å². The zero-order chi connectivity index (χ0) is 15.5. The first-order valence-corrected chi connectivity index (χ1v) is 7.53. The first kappa shape index (κ1) is 17.1. The molecule has 0 aliphatic carbocycles. The molecule has 1 rings (SSSR count). The molecule has 6 heteroatoms. The third kappa shape index (κ3) is 4.26. The van der Waals surface area contributed by atoms with Gasteiger partial charge in [-0.2, -0.15) is 0 Å². The molecular weight excluding hydrogens is 276 g/mol. The molecule has 0 aromatic carbocycles. The van der Waals surface area contributed by atoms with Crippen LogP contribution in [-0.4, -0.2) is 46.7 Å². The number of likely N-dealkylation sites (N-methyl/N-ethyl adjacent to an activating group) is 1. The predicted molar refractivity (Wildman–Crippen MR) is 80.2 cm³/mol. The lowest BCUT2D eigenvalue weighted by Crippen LogP contribution is -2.42. The summed E-state index contributed by atoms with van der Waals surface area (Å²) in [4.78, 5) is 19.2. The smallest absolute Gasteiger partial charge is 0.265 e. The molecule has 0 saturated carbocycles. The van der Waals surface area contributed by atoms with E-state index in [0.717, 1.165) is 5.01 Å². The molecule has 20 heavy (non-hydrogen) atoms. The van der Waals surface area contributed by atoms with Crippen molar-refractivity contribution in [3.8, 4) is 0 Å². The van der Waals surface area contributed by atoms with Crippen LogP contribution in [0, 0.1) is 6.92 Å². The van der Waals surface area contributed by atoms with E-state index in [1.807, 2.05) is 20.8 Å². The van der Waals surface area contributed by atoms with Crippen molar-refractivity contribution in [2.45, 2.75) is 46.3 Å². The highest BCUT2D eigenvalue weighted by molar-refractivity contribution is 7.13. The summed E-state index contributed by atoms with van der Waals surface area (Å²) in [6.07, 6.45) is -0.121. The lowest BCUT2D eigenvalue weighted by molar-refractivity contribution is 0.0316. The summed E-state index contributed by atoms with van der Waals surface area (Å²) in [7, 11) is 1.62. The number of carbonyl (C=O) groups excluding carboxylic acids is 1. The lowest BCUT2D eigenvalue weighted by Gasteiger charge is -2.27. The van der Waals surface area contributed by atoms with Gasteiger partial charge in [0.1, 0.15) is 16.0 Å². The zero-order valence-corrected chi connectivity index (χ0v) is 13.9. The molecule has 0 spiro atoms. The van der Waals surface area contributed by atoms with Gasteiger partial charge in [-0.25, -0.2) is 4.98 Å². The second-order valence-electron chi connectivity index (χ2n) is 5.48. The minimum Gasteiger partial charge on any atom is -0.389 e. The minimum atomic E-state index is -0.910. The van der Waals surface area contributed by atoms with E-state index in [9.17, 15) is 9.90 Å². The van der Waals surface area contributed by atoms with Crippen LogP contribution >= 0.6 is 11.3 Å². The molecule has 1 N–H and O–H groups in total. The molecule has 1 aromatic rings. The molecule has 1 aromatic heterocycles. The summed E-state index contributed by atoms with van der Waals surface area (Å²) in [5.41, 5.74) is -0.194. The molecule has 0 saturated heterocycles. The Balaban J connectivity index is 2.98. The minimum absolute atomic E-state index is 0.0841. The maximum absolute atomic E-state index is 12.5. The van der Waals surface area contributed by atoms with Gasteiger partial charge in [-0.3, -0.25) is 4.79 Å². The SMILES string of the molecule is CCN(CC(C)(C)O)C(=O)c1sc(C(C)OC)nc1C. The number of aliphatic hydroxyl groups is 1. The predicted octanol–water partition coefficient (Wildman–Crippen LogP) is 2.39. The van der Waals surface area contributed by atoms with Crippen LogP contribution in [0.1, 0.15) is 54.2 Å². The van der Waals surface area contributed by atoms with Crippen molar-refractivity contribution in [1.29, 1.82) is 0 Å². The molecule has 1 unspecified atom stereocenters. The van der Waals surface area contributed by atoms with Gasteiger partial charge in [-0.05, 0) is 34.6 Å². The number of methoxy groups -OCH3 is 1. The number of thiazole rings is 1. The van der Waals surface area contributed by atoms with Crippen molar-refractivity contribution in [2.75, 3.05) is 20.2 Å². The number of aryl methyl sites for hydroxylation is 1. The number of hydrogen-bond donors (Lipinski definition) is 1. The average molecular weight is 300 g/mol. The van der Waals surface area contributed by atoms with Gasteiger partial charge in [-0.1, -0.05) is 0 Å². The highest BCUT2D eigenvalue weighted by Gasteiger charge is 2.26. The van der Waals surface area contributed by atoms with Crippen LogP contribution in [0.5, 0.6) is 0 Å². The van der Waals surface area contributed by atoms with Gasteiger partial charge in [0.25, 0.3) is 5.91 Å². The molecule has 0 fully saturated rings. The fourth-order valence-electron chi connectivity index (χ4n) is 1.83. The largest absolute Gasteiger partial charge is 0.389 e. The fraction of sp³-hybridized carbons (Fsp3) is 0.714. The summed E-state index contributed by atoms with van der Waals surface area (Å²) in [5, 5.41) is 10.7. The second kappa shape index (κ2) is 6.65. The van der Waals surface area contributed by atoms with E-state index in [-0.39, 0.29) is 12.0 Å². The van der Waals surface area contributed by atoms with Crippen LogP contribution in [0.3, 0.4) is 0 Å². The number of rotatable bonds is 6. The number of amides is 1. The highest BCUT2D eigenvalue weighted by Crippen LogP contribution is 2.26. The van der Waals surface area contributed by atoms with Crippen LogP contribution in [0.2, 0.25) is 0 Å². The Kier molecular flexibility index (Phi) is 5.68. The Morgan fingerprint density at radius 2 is 2.15 bits per heavy atom. The van der Waals surface area contributed by atoms with Gasteiger partial charge in [0.2, 0.25) is 0 Å². The van der Waals surface area contributed by atoms with Crippen LogP contribution < -0.4 is 0 Å². The molecule has 0 aliphatic rings. The highest BCUT2D eigenvalue weighted by atomic mass is 32.1. The summed E-state index contributed by atoms with van der Waals surface area (Å²) in [5.74, 6) is -0.0841. The summed E-state index contributed by atoms with van der Waals surface area (Å²) in [6.45, 7) is 9.87. The standard InChI is InChI=1S/C14H24N2O3S/c1-7-16(8-14(4,5)18)13(17)11-9(2)15-12(20-11)10(3)19-6/h10,18H,7-8H2,1-6H3. The third-order valence-electron chi connectivity index (χ3n) is 2.96. The Morgan fingerprint density at radius 3 is 2.60 bits per heavy atom. The van der Waals surface area contributed by atoms with E-state index >= 15 is 0 Å². The van der Waals surface area contributed by atoms with E-state index in [2.05, 4.69) is 4.98 Å². The molecule has 114 valence electrons. The Hall–Kier alpha value is -0.980. The fourth-order valence-corrected chi connectivity index (χ4v) is 2.89. The molecule has 1 atom stereocenters. The first-order valence-electron chi connectivity index (χ1n) is 6.71. The van der Waals surface area contributed by atoms with Gasteiger partial charge in [0.15, 0.2) is 0 Å². The van der Waals surface area contributed by atoms with Gasteiger partial charge in [-0.15, -0.1) is 11.3 Å². The van der Waals surface area contributed by atoms with Crippen molar-refractivity contribution < 1.29 is 14.6 Å². The van der Waals surface area contributed by atoms with Gasteiger partial charge < -0.3 is 14.7 Å². The molecule has 1 amide bonds. The summed E-state index contributed by atoms with van der Waals surface area (Å²) >= 11 is 1.36. The summed E-state index contributed by atoms with van der Waals surface area (Å²) in [6, 6.07) is 0.